The molecule has 0 N–H and O–H groups in total. The predicted molar refractivity (Wildman–Crippen MR) is 72.1 cm³/mol. The van der Waals surface area contributed by atoms with Crippen LogP contribution in [-0.2, 0) is 0 Å². The second kappa shape index (κ2) is 7.21. The summed E-state index contributed by atoms with van der Waals surface area (Å²) in [6.07, 6.45) is 2.05. The third-order valence-corrected chi connectivity index (χ3v) is 2.54. The van der Waals surface area contributed by atoms with E-state index in [0.29, 0.717) is 5.92 Å². The molecule has 2 nitrogen and oxygen atoms in total. The van der Waals surface area contributed by atoms with Crippen molar-refractivity contribution in [1.82, 2.24) is 0 Å². The van der Waals surface area contributed by atoms with Crippen LogP contribution in [0.15, 0.2) is 18.2 Å². The summed E-state index contributed by atoms with van der Waals surface area (Å²) >= 11 is 0. The Labute approximate surface area is 105 Å². The summed E-state index contributed by atoms with van der Waals surface area (Å²) in [7, 11) is 0. The minimum atomic E-state index is 0.474. The van der Waals surface area contributed by atoms with E-state index in [0.717, 1.165) is 37.6 Å². The number of hydrogen-bond acceptors (Lipinski definition) is 2. The molecule has 0 aromatic heterocycles. The molecule has 0 bridgehead atoms. The van der Waals surface area contributed by atoms with Gasteiger partial charge in [-0.15, -0.1) is 0 Å². The van der Waals surface area contributed by atoms with E-state index in [9.17, 15) is 0 Å². The summed E-state index contributed by atoms with van der Waals surface area (Å²) < 4.78 is 11.4. The van der Waals surface area contributed by atoms with Gasteiger partial charge in [-0.1, -0.05) is 33.8 Å². The van der Waals surface area contributed by atoms with Crippen LogP contribution in [0.3, 0.4) is 0 Å². The first kappa shape index (κ1) is 13.9. The van der Waals surface area contributed by atoms with Crippen LogP contribution in [0.1, 0.15) is 52.0 Å². The van der Waals surface area contributed by atoms with Gasteiger partial charge < -0.3 is 9.47 Å². The van der Waals surface area contributed by atoms with E-state index in [1.54, 1.807) is 0 Å². The minimum absolute atomic E-state index is 0.474. The fraction of sp³-hybridized carbons (Fsp3) is 0.600. The van der Waals surface area contributed by atoms with Gasteiger partial charge >= 0.3 is 0 Å². The largest absolute Gasteiger partial charge is 0.493 e. The summed E-state index contributed by atoms with van der Waals surface area (Å²) in [5.74, 6) is 2.35. The van der Waals surface area contributed by atoms with Crippen molar-refractivity contribution in [1.29, 1.82) is 0 Å². The summed E-state index contributed by atoms with van der Waals surface area (Å²) in [6, 6.07) is 6.16. The molecule has 17 heavy (non-hydrogen) atoms. The van der Waals surface area contributed by atoms with Gasteiger partial charge in [0, 0.05) is 6.07 Å². The van der Waals surface area contributed by atoms with Crippen molar-refractivity contribution in [2.45, 2.75) is 46.5 Å². The van der Waals surface area contributed by atoms with Crippen molar-refractivity contribution in [2.75, 3.05) is 13.2 Å². The normalized spacial score (nSPS) is 10.6. The van der Waals surface area contributed by atoms with E-state index in [1.807, 2.05) is 12.1 Å². The highest BCUT2D eigenvalue weighted by Gasteiger charge is 2.09. The molecule has 1 aromatic rings. The van der Waals surface area contributed by atoms with Gasteiger partial charge in [0.1, 0.15) is 11.5 Å². The third kappa shape index (κ3) is 4.29. The second-order valence-electron chi connectivity index (χ2n) is 4.55. The molecule has 0 heterocycles. The first-order valence-electron chi connectivity index (χ1n) is 6.58. The summed E-state index contributed by atoms with van der Waals surface area (Å²) in [6.45, 7) is 10.1. The Morgan fingerprint density at radius 2 is 1.65 bits per heavy atom. The van der Waals surface area contributed by atoms with Crippen LogP contribution in [-0.4, -0.2) is 13.2 Å². The number of hydrogen-bond donors (Lipinski definition) is 0. The van der Waals surface area contributed by atoms with Gasteiger partial charge in [-0.05, 0) is 30.4 Å². The first-order chi connectivity index (χ1) is 8.19. The van der Waals surface area contributed by atoms with Gasteiger partial charge in [0.15, 0.2) is 0 Å². The molecule has 0 aliphatic carbocycles. The summed E-state index contributed by atoms with van der Waals surface area (Å²) in [5.41, 5.74) is 1.25. The van der Waals surface area contributed by atoms with Crippen LogP contribution in [0.5, 0.6) is 11.5 Å². The average molecular weight is 236 g/mol. The van der Waals surface area contributed by atoms with Crippen LogP contribution >= 0.6 is 0 Å². The highest BCUT2D eigenvalue weighted by molar-refractivity contribution is 5.42. The maximum absolute atomic E-state index is 5.79. The second-order valence-corrected chi connectivity index (χ2v) is 4.55. The SMILES string of the molecule is CCCOc1ccc(C(C)C)c(OCCC)c1. The Balaban J connectivity index is 2.84. The Morgan fingerprint density at radius 1 is 1.00 bits per heavy atom. The molecule has 0 saturated heterocycles. The zero-order valence-electron chi connectivity index (χ0n) is 11.5. The molecule has 0 fully saturated rings. The van der Waals surface area contributed by atoms with E-state index in [2.05, 4.69) is 33.8 Å². The zero-order valence-corrected chi connectivity index (χ0v) is 11.5. The standard InChI is InChI=1S/C15H24O2/c1-5-9-16-13-7-8-14(12(3)4)15(11-13)17-10-6-2/h7-8,11-12H,5-6,9-10H2,1-4H3. The molecular weight excluding hydrogens is 212 g/mol. The first-order valence-corrected chi connectivity index (χ1v) is 6.58. The van der Waals surface area contributed by atoms with E-state index in [4.69, 9.17) is 9.47 Å². The van der Waals surface area contributed by atoms with Crippen molar-refractivity contribution in [3.05, 3.63) is 23.8 Å². The van der Waals surface area contributed by atoms with Gasteiger partial charge in [0.25, 0.3) is 0 Å². The molecule has 0 aliphatic rings. The minimum Gasteiger partial charge on any atom is -0.493 e. The lowest BCUT2D eigenvalue weighted by Crippen LogP contribution is -2.02. The maximum atomic E-state index is 5.79. The van der Waals surface area contributed by atoms with Crippen molar-refractivity contribution < 1.29 is 9.47 Å². The molecule has 0 amide bonds. The van der Waals surface area contributed by atoms with E-state index < -0.39 is 0 Å². The van der Waals surface area contributed by atoms with E-state index >= 15 is 0 Å². The van der Waals surface area contributed by atoms with Crippen LogP contribution in [0.25, 0.3) is 0 Å². The molecule has 0 spiro atoms. The smallest absolute Gasteiger partial charge is 0.126 e. The van der Waals surface area contributed by atoms with Crippen LogP contribution in [0.2, 0.25) is 0 Å². The lowest BCUT2D eigenvalue weighted by atomic mass is 10.0. The molecule has 1 rings (SSSR count). The Hall–Kier alpha value is -1.18. The number of rotatable bonds is 7. The molecule has 0 aliphatic heterocycles. The van der Waals surface area contributed by atoms with E-state index in [1.165, 1.54) is 5.56 Å². The third-order valence-electron chi connectivity index (χ3n) is 2.54. The zero-order chi connectivity index (χ0) is 12.7. The van der Waals surface area contributed by atoms with Gasteiger partial charge in [-0.25, -0.2) is 0 Å². The maximum Gasteiger partial charge on any atom is 0.126 e. The molecular formula is C15H24O2. The number of benzene rings is 1. The molecule has 96 valence electrons. The Kier molecular flexibility index (Phi) is 5.88. The predicted octanol–water partition coefficient (Wildman–Crippen LogP) is 4.39. The lowest BCUT2D eigenvalue weighted by Gasteiger charge is -2.15. The monoisotopic (exact) mass is 236 g/mol. The van der Waals surface area contributed by atoms with Crippen LogP contribution in [0, 0.1) is 0 Å². The molecule has 1 aromatic carbocycles. The Morgan fingerprint density at radius 3 is 2.24 bits per heavy atom. The van der Waals surface area contributed by atoms with Crippen molar-refractivity contribution >= 4 is 0 Å². The Bertz CT molecular complexity index is 332. The summed E-state index contributed by atoms with van der Waals surface area (Å²) in [5, 5.41) is 0. The van der Waals surface area contributed by atoms with Gasteiger partial charge in [-0.3, -0.25) is 0 Å². The summed E-state index contributed by atoms with van der Waals surface area (Å²) in [4.78, 5) is 0. The fourth-order valence-electron chi connectivity index (χ4n) is 1.64. The van der Waals surface area contributed by atoms with E-state index in [-0.39, 0.29) is 0 Å². The molecule has 0 saturated carbocycles. The molecule has 0 atom stereocenters. The highest BCUT2D eigenvalue weighted by Crippen LogP contribution is 2.30. The van der Waals surface area contributed by atoms with Crippen LogP contribution in [0.4, 0.5) is 0 Å². The van der Waals surface area contributed by atoms with Crippen molar-refractivity contribution in [2.24, 2.45) is 0 Å². The molecule has 0 unspecified atom stereocenters. The number of ether oxygens (including phenoxy) is 2. The lowest BCUT2D eigenvalue weighted by molar-refractivity contribution is 0.298. The quantitative estimate of drug-likeness (QED) is 0.699. The highest BCUT2D eigenvalue weighted by atomic mass is 16.5. The van der Waals surface area contributed by atoms with Gasteiger partial charge in [-0.2, -0.15) is 0 Å². The van der Waals surface area contributed by atoms with Gasteiger partial charge in [0.05, 0.1) is 13.2 Å². The van der Waals surface area contributed by atoms with Gasteiger partial charge in [0.2, 0.25) is 0 Å². The van der Waals surface area contributed by atoms with Crippen molar-refractivity contribution in [3.8, 4) is 11.5 Å². The van der Waals surface area contributed by atoms with Crippen molar-refractivity contribution in [3.63, 3.8) is 0 Å². The fourth-order valence-corrected chi connectivity index (χ4v) is 1.64. The molecule has 2 heteroatoms. The topological polar surface area (TPSA) is 18.5 Å². The molecule has 0 radical (unpaired) electrons. The average Bonchev–Trinajstić information content (AvgIpc) is 2.33. The van der Waals surface area contributed by atoms with Crippen LogP contribution < -0.4 is 9.47 Å².